The van der Waals surface area contributed by atoms with E-state index in [1.807, 2.05) is 18.7 Å². The number of hydrogen-bond acceptors (Lipinski definition) is 9. The van der Waals surface area contributed by atoms with Gasteiger partial charge in [0.15, 0.2) is 0 Å². The van der Waals surface area contributed by atoms with E-state index in [1.54, 1.807) is 27.7 Å². The predicted molar refractivity (Wildman–Crippen MR) is 111 cm³/mol. The molecule has 164 valence electrons. The van der Waals surface area contributed by atoms with Crippen LogP contribution >= 0.6 is 12.8 Å². The number of carbonyl (C=O) groups excluding carboxylic acids is 4. The lowest BCUT2D eigenvalue weighted by atomic mass is 10.0. The zero-order valence-electron chi connectivity index (χ0n) is 17.8. The Hall–Kier alpha value is -2.83. The van der Waals surface area contributed by atoms with Crippen molar-refractivity contribution in [2.75, 3.05) is 13.1 Å². The Labute approximate surface area is 179 Å². The molecule has 0 aromatic rings. The van der Waals surface area contributed by atoms with Crippen molar-refractivity contribution in [1.82, 2.24) is 29.6 Å². The van der Waals surface area contributed by atoms with E-state index in [4.69, 9.17) is 0 Å². The molecule has 0 radical (unpaired) electrons. The summed E-state index contributed by atoms with van der Waals surface area (Å²) in [5.41, 5.74) is -2.46. The summed E-state index contributed by atoms with van der Waals surface area (Å²) >= 11 is 4.52. The predicted octanol–water partition coefficient (Wildman–Crippen LogP) is 0.145. The Bertz CT molecular complexity index is 879. The van der Waals surface area contributed by atoms with Crippen LogP contribution in [0, 0.1) is 0 Å². The maximum Gasteiger partial charge on any atom is 0.331 e. The summed E-state index contributed by atoms with van der Waals surface area (Å²) in [5.74, 6) is -0.686. The number of imide groups is 2. The molecule has 0 saturated carbocycles. The number of thiol groups is 1. The summed E-state index contributed by atoms with van der Waals surface area (Å²) in [7, 11) is 0. The first-order valence-corrected chi connectivity index (χ1v) is 9.97. The van der Waals surface area contributed by atoms with Gasteiger partial charge in [-0.1, -0.05) is 12.8 Å². The summed E-state index contributed by atoms with van der Waals surface area (Å²) in [6.07, 6.45) is -1.09. The Kier molecular flexibility index (Phi) is 5.21. The molecule has 6 amide bonds. The highest BCUT2D eigenvalue weighted by molar-refractivity contribution is 7.78. The molecule has 0 bridgehead atoms. The van der Waals surface area contributed by atoms with Crippen molar-refractivity contribution in [1.29, 1.82) is 0 Å². The van der Waals surface area contributed by atoms with E-state index in [-0.39, 0.29) is 5.96 Å². The molecule has 1 atom stereocenters. The van der Waals surface area contributed by atoms with Crippen LogP contribution in [0.2, 0.25) is 0 Å². The molecule has 12 nitrogen and oxygen atoms in total. The highest BCUT2D eigenvalue weighted by atomic mass is 32.1. The third-order valence-corrected chi connectivity index (χ3v) is 5.85. The van der Waals surface area contributed by atoms with Crippen molar-refractivity contribution < 1.29 is 19.2 Å². The molecular weight excluding hydrogens is 412 g/mol. The Morgan fingerprint density at radius 2 is 1.50 bits per heavy atom. The van der Waals surface area contributed by atoms with Crippen molar-refractivity contribution in [2.45, 2.75) is 58.9 Å². The van der Waals surface area contributed by atoms with E-state index in [0.29, 0.717) is 19.0 Å². The highest BCUT2D eigenvalue weighted by Crippen LogP contribution is 2.31. The highest BCUT2D eigenvalue weighted by Gasteiger charge is 2.54. The number of nitrogens with one attached hydrogen (secondary N) is 2. The third kappa shape index (κ3) is 3.07. The van der Waals surface area contributed by atoms with E-state index in [0.717, 1.165) is 4.90 Å². The first-order valence-electron chi connectivity index (χ1n) is 9.57. The van der Waals surface area contributed by atoms with Crippen LogP contribution in [0.4, 0.5) is 9.59 Å². The van der Waals surface area contributed by atoms with Crippen LogP contribution in [0.15, 0.2) is 9.98 Å². The summed E-state index contributed by atoms with van der Waals surface area (Å²) in [5, 5.41) is 4.54. The zero-order valence-corrected chi connectivity index (χ0v) is 18.6. The van der Waals surface area contributed by atoms with E-state index < -0.39 is 41.2 Å². The molecule has 30 heavy (non-hydrogen) atoms. The molecule has 3 aliphatic rings. The average molecular weight is 439 g/mol. The molecule has 0 aromatic carbocycles. The minimum absolute atomic E-state index is 0.0523. The summed E-state index contributed by atoms with van der Waals surface area (Å²) < 4.78 is 1.37. The van der Waals surface area contributed by atoms with Crippen LogP contribution < -0.4 is 10.6 Å². The minimum Gasteiger partial charge on any atom is -0.342 e. The second-order valence-electron chi connectivity index (χ2n) is 8.05. The number of amides is 6. The average Bonchev–Trinajstić information content (AvgIpc) is 2.97. The molecule has 0 aliphatic carbocycles. The lowest BCUT2D eigenvalue weighted by Gasteiger charge is -2.43. The van der Waals surface area contributed by atoms with Crippen molar-refractivity contribution in [2.24, 2.45) is 9.98 Å². The zero-order chi connectivity index (χ0) is 22.6. The number of carbonyl (C=O) groups is 4. The number of nitrogens with zero attached hydrogens (tertiary/aromatic N) is 6. The van der Waals surface area contributed by atoms with E-state index in [1.165, 1.54) is 9.21 Å². The Morgan fingerprint density at radius 1 is 0.967 bits per heavy atom. The number of urea groups is 2. The molecule has 3 heterocycles. The minimum atomic E-state index is -1.24. The van der Waals surface area contributed by atoms with Gasteiger partial charge in [-0.2, -0.15) is 4.99 Å². The molecule has 13 heteroatoms. The topological polar surface area (TPSA) is 130 Å². The van der Waals surface area contributed by atoms with Crippen LogP contribution in [0.3, 0.4) is 0 Å². The van der Waals surface area contributed by atoms with Gasteiger partial charge in [0.2, 0.25) is 18.2 Å². The van der Waals surface area contributed by atoms with Gasteiger partial charge in [0.05, 0.1) is 0 Å². The van der Waals surface area contributed by atoms with Crippen molar-refractivity contribution >= 4 is 48.6 Å². The fourth-order valence-corrected chi connectivity index (χ4v) is 3.82. The molecule has 2 saturated heterocycles. The van der Waals surface area contributed by atoms with Crippen LogP contribution in [0.1, 0.15) is 41.5 Å². The van der Waals surface area contributed by atoms with Gasteiger partial charge in [0.25, 0.3) is 11.8 Å². The summed E-state index contributed by atoms with van der Waals surface area (Å²) in [6, 6.07) is -1.31. The smallest absolute Gasteiger partial charge is 0.331 e. The van der Waals surface area contributed by atoms with Gasteiger partial charge in [0.1, 0.15) is 11.1 Å². The van der Waals surface area contributed by atoms with Gasteiger partial charge in [-0.15, -0.1) is 0 Å². The van der Waals surface area contributed by atoms with Crippen LogP contribution in [0.5, 0.6) is 0 Å². The van der Waals surface area contributed by atoms with Gasteiger partial charge in [-0.25, -0.2) is 23.8 Å². The van der Waals surface area contributed by atoms with E-state index in [2.05, 4.69) is 33.4 Å². The van der Waals surface area contributed by atoms with Crippen molar-refractivity contribution in [3.8, 4) is 0 Å². The van der Waals surface area contributed by atoms with Crippen LogP contribution in [0.25, 0.3) is 0 Å². The van der Waals surface area contributed by atoms with Gasteiger partial charge < -0.3 is 4.90 Å². The van der Waals surface area contributed by atoms with Crippen molar-refractivity contribution in [3.05, 3.63) is 0 Å². The number of guanidine groups is 2. The number of rotatable bonds is 3. The summed E-state index contributed by atoms with van der Waals surface area (Å²) in [4.78, 5) is 62.9. The fourth-order valence-electron chi connectivity index (χ4n) is 3.50. The van der Waals surface area contributed by atoms with E-state index >= 15 is 0 Å². The molecule has 2 fully saturated rings. The maximum absolute atomic E-state index is 12.6. The molecule has 1 unspecified atom stereocenters. The lowest BCUT2D eigenvalue weighted by Crippen LogP contribution is -2.60. The monoisotopic (exact) mass is 438 g/mol. The number of hydrogen-bond donors (Lipinski definition) is 3. The third-order valence-electron chi connectivity index (χ3n) is 5.47. The second kappa shape index (κ2) is 7.15. The van der Waals surface area contributed by atoms with Crippen molar-refractivity contribution in [3.63, 3.8) is 0 Å². The number of aliphatic imine (C=N–C) groups is 2. The van der Waals surface area contributed by atoms with Gasteiger partial charge >= 0.3 is 12.1 Å². The lowest BCUT2D eigenvalue weighted by molar-refractivity contribution is -0.126. The Morgan fingerprint density at radius 3 is 1.93 bits per heavy atom. The molecule has 0 spiro atoms. The largest absolute Gasteiger partial charge is 0.342 e. The standard InChI is InChI=1S/C17H26N8O4S/c1-7-22(8-2)12-20-11(23-14(28)18-9(26)16(23,3)4)21-13(25(12)30)24-15(29)19-10(27)17(24,5)6/h13,30H,7-8H2,1-6H3,(H,18,26,28)(H,19,27,29). The van der Waals surface area contributed by atoms with Gasteiger partial charge in [-0.3, -0.25) is 25.1 Å². The van der Waals surface area contributed by atoms with E-state index in [9.17, 15) is 19.2 Å². The molecule has 0 aromatic heterocycles. The normalized spacial score (nSPS) is 25.3. The quantitative estimate of drug-likeness (QED) is 0.425. The first-order chi connectivity index (χ1) is 13.9. The molecular formula is C17H26N8O4S. The molecule has 2 N–H and O–H groups in total. The van der Waals surface area contributed by atoms with Gasteiger partial charge in [0, 0.05) is 13.1 Å². The molecule has 3 aliphatic heterocycles. The SMILES string of the molecule is CCN(CC)C1=NC(N2C(=O)NC(=O)C2(C)C)=NC(N2C(=O)NC(=O)C2(C)C)N1S. The maximum atomic E-state index is 12.6. The first kappa shape index (κ1) is 21.9. The van der Waals surface area contributed by atoms with Crippen LogP contribution in [-0.4, -0.2) is 85.3 Å². The second-order valence-corrected chi connectivity index (χ2v) is 8.48. The fraction of sp³-hybridized carbons (Fsp3) is 0.647. The van der Waals surface area contributed by atoms with Crippen LogP contribution in [-0.2, 0) is 9.59 Å². The molecule has 3 rings (SSSR count). The Balaban J connectivity index is 2.15. The summed E-state index contributed by atoms with van der Waals surface area (Å²) in [6.45, 7) is 11.3. The van der Waals surface area contributed by atoms with Gasteiger partial charge in [-0.05, 0) is 41.5 Å².